The first-order valence-corrected chi connectivity index (χ1v) is 11.0. The van der Waals surface area contributed by atoms with Crippen LogP contribution in [0.25, 0.3) is 11.1 Å². The molecule has 2 aliphatic rings. The van der Waals surface area contributed by atoms with Gasteiger partial charge in [-0.05, 0) is 41.7 Å². The molecule has 0 radical (unpaired) electrons. The van der Waals surface area contributed by atoms with Crippen molar-refractivity contribution in [1.29, 1.82) is 5.26 Å². The molecule has 6 heteroatoms. The first-order chi connectivity index (χ1) is 15.2. The summed E-state index contributed by atoms with van der Waals surface area (Å²) in [6.07, 6.45) is 5.40. The van der Waals surface area contributed by atoms with Crippen LogP contribution in [0.2, 0.25) is 0 Å². The standard InChI is InChI=1S/C25H29N3O3/c1-31-19-13-11-17(12-14-19)20-9-5-6-10-21(20)24-22(15-26)28(23(24)16-29)25(30)27-18-7-3-2-4-8-18/h5-6,9-14,18,22-24,29H,2-4,7-8,16H2,1H3,(H,27,30)/t22-,23+,24-/m1/s1. The van der Waals surface area contributed by atoms with E-state index in [1.807, 2.05) is 48.5 Å². The number of hydrogen-bond donors (Lipinski definition) is 2. The van der Waals surface area contributed by atoms with Gasteiger partial charge in [0.2, 0.25) is 0 Å². The molecule has 0 bridgehead atoms. The van der Waals surface area contributed by atoms with Gasteiger partial charge < -0.3 is 20.1 Å². The first kappa shape index (κ1) is 21.2. The molecule has 1 saturated heterocycles. The summed E-state index contributed by atoms with van der Waals surface area (Å²) < 4.78 is 5.26. The number of aliphatic hydroxyl groups excluding tert-OH is 1. The van der Waals surface area contributed by atoms with Gasteiger partial charge in [-0.1, -0.05) is 55.7 Å². The summed E-state index contributed by atoms with van der Waals surface area (Å²) in [5.41, 5.74) is 2.98. The smallest absolute Gasteiger partial charge is 0.319 e. The van der Waals surface area contributed by atoms with Crippen LogP contribution in [0.1, 0.15) is 43.6 Å². The number of nitrogens with zero attached hydrogens (tertiary/aromatic N) is 2. The van der Waals surface area contributed by atoms with Gasteiger partial charge in [0.25, 0.3) is 0 Å². The number of benzene rings is 2. The lowest BCUT2D eigenvalue weighted by Crippen LogP contribution is -2.68. The Hall–Kier alpha value is -3.04. The molecule has 2 fully saturated rings. The molecule has 1 aliphatic carbocycles. The van der Waals surface area contributed by atoms with Gasteiger partial charge in [0, 0.05) is 12.0 Å². The molecule has 3 atom stereocenters. The largest absolute Gasteiger partial charge is 0.497 e. The maximum atomic E-state index is 13.0. The number of nitriles is 1. The summed E-state index contributed by atoms with van der Waals surface area (Å²) in [5, 5.41) is 23.1. The molecule has 2 N–H and O–H groups in total. The van der Waals surface area contributed by atoms with Gasteiger partial charge >= 0.3 is 6.03 Å². The molecule has 1 saturated carbocycles. The van der Waals surface area contributed by atoms with E-state index in [0.717, 1.165) is 48.1 Å². The van der Waals surface area contributed by atoms with Crippen molar-refractivity contribution in [3.05, 3.63) is 54.1 Å². The first-order valence-electron chi connectivity index (χ1n) is 11.0. The number of hydrogen-bond acceptors (Lipinski definition) is 4. The average Bonchev–Trinajstić information content (AvgIpc) is 2.80. The van der Waals surface area contributed by atoms with Crippen LogP contribution in [-0.2, 0) is 0 Å². The lowest BCUT2D eigenvalue weighted by atomic mass is 9.73. The van der Waals surface area contributed by atoms with E-state index in [1.165, 1.54) is 11.3 Å². The summed E-state index contributed by atoms with van der Waals surface area (Å²) in [6.45, 7) is -0.183. The quantitative estimate of drug-likeness (QED) is 0.765. The van der Waals surface area contributed by atoms with Crippen molar-refractivity contribution in [3.8, 4) is 22.9 Å². The van der Waals surface area contributed by atoms with Crippen LogP contribution >= 0.6 is 0 Å². The number of ether oxygens (including phenoxy) is 1. The van der Waals surface area contributed by atoms with E-state index in [0.29, 0.717) is 0 Å². The van der Waals surface area contributed by atoms with Crippen molar-refractivity contribution in [2.75, 3.05) is 13.7 Å². The highest BCUT2D eigenvalue weighted by atomic mass is 16.5. The zero-order valence-electron chi connectivity index (χ0n) is 17.8. The Morgan fingerprint density at radius 3 is 2.52 bits per heavy atom. The zero-order valence-corrected chi connectivity index (χ0v) is 17.8. The second-order valence-electron chi connectivity index (χ2n) is 8.36. The molecule has 2 aromatic rings. The molecule has 4 rings (SSSR count). The molecule has 162 valence electrons. The normalized spacial score (nSPS) is 23.5. The van der Waals surface area contributed by atoms with Gasteiger partial charge in [-0.15, -0.1) is 0 Å². The fourth-order valence-electron chi connectivity index (χ4n) is 4.98. The number of carbonyl (C=O) groups is 1. The Bertz CT molecular complexity index is 947. The van der Waals surface area contributed by atoms with E-state index >= 15 is 0 Å². The van der Waals surface area contributed by atoms with Gasteiger partial charge in [-0.3, -0.25) is 0 Å². The number of urea groups is 1. The minimum Gasteiger partial charge on any atom is -0.497 e. The Kier molecular flexibility index (Phi) is 6.43. The van der Waals surface area contributed by atoms with Crippen molar-refractivity contribution >= 4 is 6.03 Å². The summed E-state index contributed by atoms with van der Waals surface area (Å²) in [5.74, 6) is 0.531. The summed E-state index contributed by atoms with van der Waals surface area (Å²) in [4.78, 5) is 14.5. The van der Waals surface area contributed by atoms with Gasteiger partial charge in [-0.25, -0.2) is 4.79 Å². The van der Waals surface area contributed by atoms with E-state index in [9.17, 15) is 15.2 Å². The number of methoxy groups -OCH3 is 1. The molecule has 0 aromatic heterocycles. The second kappa shape index (κ2) is 9.40. The summed E-state index contributed by atoms with van der Waals surface area (Å²) in [6, 6.07) is 16.9. The number of rotatable bonds is 5. The minimum atomic E-state index is -0.611. The molecule has 0 unspecified atom stereocenters. The summed E-state index contributed by atoms with van der Waals surface area (Å²) in [7, 11) is 1.63. The monoisotopic (exact) mass is 419 g/mol. The number of aliphatic hydroxyl groups is 1. The molecule has 0 spiro atoms. The van der Waals surface area contributed by atoms with Gasteiger partial charge in [-0.2, -0.15) is 5.26 Å². The van der Waals surface area contributed by atoms with E-state index in [-0.39, 0.29) is 24.6 Å². The molecule has 2 amide bonds. The highest BCUT2D eigenvalue weighted by Crippen LogP contribution is 2.44. The van der Waals surface area contributed by atoms with Crippen molar-refractivity contribution < 1.29 is 14.6 Å². The number of nitrogens with one attached hydrogen (secondary N) is 1. The van der Waals surface area contributed by atoms with Crippen molar-refractivity contribution in [3.63, 3.8) is 0 Å². The number of likely N-dealkylation sites (tertiary alicyclic amines) is 1. The lowest BCUT2D eigenvalue weighted by molar-refractivity contribution is 0.0155. The molecule has 6 nitrogen and oxygen atoms in total. The maximum Gasteiger partial charge on any atom is 0.319 e. The van der Waals surface area contributed by atoms with E-state index < -0.39 is 12.1 Å². The molecular formula is C25H29N3O3. The predicted molar refractivity (Wildman–Crippen MR) is 119 cm³/mol. The fraction of sp³-hybridized carbons (Fsp3) is 0.440. The predicted octanol–water partition coefficient (Wildman–Crippen LogP) is 4.06. The van der Waals surface area contributed by atoms with Crippen LogP contribution < -0.4 is 10.1 Å². The van der Waals surface area contributed by atoms with Crippen LogP contribution in [0.3, 0.4) is 0 Å². The van der Waals surface area contributed by atoms with Gasteiger partial charge in [0.1, 0.15) is 11.8 Å². The maximum absolute atomic E-state index is 13.0. The van der Waals surface area contributed by atoms with E-state index in [2.05, 4.69) is 11.4 Å². The highest BCUT2D eigenvalue weighted by Gasteiger charge is 2.52. The molecule has 31 heavy (non-hydrogen) atoms. The van der Waals surface area contributed by atoms with Crippen LogP contribution in [-0.4, -0.2) is 47.9 Å². The minimum absolute atomic E-state index is 0.158. The van der Waals surface area contributed by atoms with Crippen LogP contribution in [0.5, 0.6) is 5.75 Å². The Labute approximate surface area is 183 Å². The fourth-order valence-corrected chi connectivity index (χ4v) is 4.98. The molecule has 1 aliphatic heterocycles. The molecular weight excluding hydrogens is 390 g/mol. The molecule has 2 aromatic carbocycles. The highest BCUT2D eigenvalue weighted by molar-refractivity contribution is 5.79. The Balaban J connectivity index is 1.59. The zero-order chi connectivity index (χ0) is 21.8. The Morgan fingerprint density at radius 1 is 1.16 bits per heavy atom. The number of carbonyl (C=O) groups excluding carboxylic acids is 1. The van der Waals surface area contributed by atoms with Gasteiger partial charge in [0.15, 0.2) is 0 Å². The van der Waals surface area contributed by atoms with Gasteiger partial charge in [0.05, 0.1) is 25.8 Å². The third-order valence-corrected chi connectivity index (χ3v) is 6.62. The van der Waals surface area contributed by atoms with Crippen molar-refractivity contribution in [2.45, 2.75) is 56.1 Å². The lowest BCUT2D eigenvalue weighted by Gasteiger charge is -2.52. The number of amides is 2. The third kappa shape index (κ3) is 4.11. The van der Waals surface area contributed by atoms with Crippen LogP contribution in [0.15, 0.2) is 48.5 Å². The van der Waals surface area contributed by atoms with Crippen molar-refractivity contribution in [1.82, 2.24) is 10.2 Å². The van der Waals surface area contributed by atoms with Crippen molar-refractivity contribution in [2.24, 2.45) is 0 Å². The third-order valence-electron chi connectivity index (χ3n) is 6.62. The van der Waals surface area contributed by atoms with E-state index in [1.54, 1.807) is 7.11 Å². The summed E-state index contributed by atoms with van der Waals surface area (Å²) >= 11 is 0. The van der Waals surface area contributed by atoms with Crippen LogP contribution in [0, 0.1) is 11.3 Å². The van der Waals surface area contributed by atoms with Crippen LogP contribution in [0.4, 0.5) is 4.79 Å². The second-order valence-corrected chi connectivity index (χ2v) is 8.36. The average molecular weight is 420 g/mol. The Morgan fingerprint density at radius 2 is 1.87 bits per heavy atom. The van der Waals surface area contributed by atoms with E-state index in [4.69, 9.17) is 4.74 Å². The topological polar surface area (TPSA) is 85.6 Å². The SMILES string of the molecule is COc1ccc(-c2ccccc2[C@@H]2[C@@H](C#N)N(C(=O)NC3CCCCC3)[C@H]2CO)cc1. The molecule has 1 heterocycles.